The molecule has 1 aromatic heterocycles. The summed E-state index contributed by atoms with van der Waals surface area (Å²) in [4.78, 5) is 30.7. The number of amides is 1. The number of carbonyl (C=O) groups is 2. The molecule has 0 saturated heterocycles. The summed E-state index contributed by atoms with van der Waals surface area (Å²) in [6.07, 6.45) is 0. The zero-order valence-electron chi connectivity index (χ0n) is 15.4. The van der Waals surface area contributed by atoms with Crippen molar-refractivity contribution in [3.05, 3.63) is 94.1 Å². The highest BCUT2D eigenvalue weighted by atomic mass is 35.5. The standard InChI is InChI=1S/C23H16Cl2N2O2/c1-14(28)27(18-10-7-16(24)8-11-18)22-19-12-9-17(25)13-20(19)26-21(22)23(29)15-5-3-2-4-6-15/h2-13,26H,1H3. The zero-order valence-corrected chi connectivity index (χ0v) is 17.0. The van der Waals surface area contributed by atoms with E-state index in [0.29, 0.717) is 38.2 Å². The van der Waals surface area contributed by atoms with E-state index in [-0.39, 0.29) is 11.7 Å². The number of nitrogens with one attached hydrogen (secondary N) is 1. The summed E-state index contributed by atoms with van der Waals surface area (Å²) in [5.41, 5.74) is 2.61. The second kappa shape index (κ2) is 7.74. The number of hydrogen-bond acceptors (Lipinski definition) is 2. The van der Waals surface area contributed by atoms with Gasteiger partial charge in [-0.25, -0.2) is 0 Å². The molecule has 4 nitrogen and oxygen atoms in total. The van der Waals surface area contributed by atoms with Crippen molar-refractivity contribution >= 4 is 57.2 Å². The van der Waals surface area contributed by atoms with Crippen LogP contribution >= 0.6 is 23.2 Å². The van der Waals surface area contributed by atoms with Gasteiger partial charge in [0.25, 0.3) is 0 Å². The van der Waals surface area contributed by atoms with E-state index in [0.717, 1.165) is 5.39 Å². The van der Waals surface area contributed by atoms with E-state index in [1.54, 1.807) is 66.7 Å². The highest BCUT2D eigenvalue weighted by Crippen LogP contribution is 2.38. The minimum atomic E-state index is -0.231. The molecule has 6 heteroatoms. The van der Waals surface area contributed by atoms with Crippen LogP contribution in [0.2, 0.25) is 10.0 Å². The van der Waals surface area contributed by atoms with Crippen molar-refractivity contribution < 1.29 is 9.59 Å². The number of aromatic nitrogens is 1. The first-order valence-corrected chi connectivity index (χ1v) is 9.68. The predicted octanol–water partition coefficient (Wildman–Crippen LogP) is 6.39. The van der Waals surface area contributed by atoms with E-state index >= 15 is 0 Å². The van der Waals surface area contributed by atoms with E-state index in [4.69, 9.17) is 23.2 Å². The smallest absolute Gasteiger partial charge is 0.228 e. The summed E-state index contributed by atoms with van der Waals surface area (Å²) < 4.78 is 0. The van der Waals surface area contributed by atoms with Gasteiger partial charge in [0.1, 0.15) is 5.69 Å². The van der Waals surface area contributed by atoms with Gasteiger partial charge in [0, 0.05) is 39.1 Å². The lowest BCUT2D eigenvalue weighted by Crippen LogP contribution is -2.24. The Morgan fingerprint density at radius 2 is 1.52 bits per heavy atom. The third kappa shape index (κ3) is 3.65. The van der Waals surface area contributed by atoms with Gasteiger partial charge in [0.15, 0.2) is 0 Å². The number of fused-ring (bicyclic) bond motifs is 1. The summed E-state index contributed by atoms with van der Waals surface area (Å²) in [5, 5.41) is 1.81. The molecule has 0 radical (unpaired) electrons. The van der Waals surface area contributed by atoms with Crippen LogP contribution in [0.4, 0.5) is 11.4 Å². The van der Waals surface area contributed by atoms with E-state index in [9.17, 15) is 9.59 Å². The lowest BCUT2D eigenvalue weighted by molar-refractivity contribution is -0.115. The Kier molecular flexibility index (Phi) is 5.14. The SMILES string of the molecule is CC(=O)N(c1ccc(Cl)cc1)c1c(C(=O)c2ccccc2)[nH]c2cc(Cl)ccc12. The number of anilines is 2. The molecule has 0 fully saturated rings. The first-order chi connectivity index (χ1) is 14.0. The molecule has 144 valence electrons. The van der Waals surface area contributed by atoms with Gasteiger partial charge in [-0.05, 0) is 42.5 Å². The molecule has 29 heavy (non-hydrogen) atoms. The van der Waals surface area contributed by atoms with Crippen molar-refractivity contribution in [3.63, 3.8) is 0 Å². The minimum Gasteiger partial charge on any atom is -0.350 e. The van der Waals surface area contributed by atoms with Gasteiger partial charge in [-0.3, -0.25) is 14.5 Å². The number of halogens is 2. The van der Waals surface area contributed by atoms with E-state index in [2.05, 4.69) is 4.98 Å². The van der Waals surface area contributed by atoms with Crippen LogP contribution in [0.5, 0.6) is 0 Å². The summed E-state index contributed by atoms with van der Waals surface area (Å²) in [5.74, 6) is -0.446. The summed E-state index contributed by atoms with van der Waals surface area (Å²) in [6, 6.07) is 21.1. The van der Waals surface area contributed by atoms with Crippen LogP contribution in [0, 0.1) is 0 Å². The van der Waals surface area contributed by atoms with Crippen molar-refractivity contribution in [2.75, 3.05) is 4.90 Å². The van der Waals surface area contributed by atoms with Crippen LogP contribution in [0.15, 0.2) is 72.8 Å². The third-order valence-corrected chi connectivity index (χ3v) is 5.11. The molecular weight excluding hydrogens is 407 g/mol. The maximum absolute atomic E-state index is 13.3. The fraction of sp³-hybridized carbons (Fsp3) is 0.0435. The molecule has 4 rings (SSSR count). The molecule has 1 amide bonds. The van der Waals surface area contributed by atoms with Gasteiger partial charge in [-0.15, -0.1) is 0 Å². The van der Waals surface area contributed by atoms with Crippen molar-refractivity contribution in [1.82, 2.24) is 4.98 Å². The quantitative estimate of drug-likeness (QED) is 0.387. The molecular formula is C23H16Cl2N2O2. The van der Waals surface area contributed by atoms with Gasteiger partial charge < -0.3 is 4.98 Å². The molecule has 0 unspecified atom stereocenters. The molecule has 0 spiro atoms. The van der Waals surface area contributed by atoms with Gasteiger partial charge >= 0.3 is 0 Å². The number of nitrogens with zero attached hydrogens (tertiary/aromatic N) is 1. The number of rotatable bonds is 4. The highest BCUT2D eigenvalue weighted by Gasteiger charge is 2.27. The second-order valence-corrected chi connectivity index (χ2v) is 7.44. The molecule has 0 aliphatic heterocycles. The number of H-pyrrole nitrogens is 1. The topological polar surface area (TPSA) is 53.2 Å². The van der Waals surface area contributed by atoms with Crippen LogP contribution < -0.4 is 4.90 Å². The Balaban J connectivity index is 1.99. The molecule has 0 atom stereocenters. The monoisotopic (exact) mass is 422 g/mol. The molecule has 1 heterocycles. The molecule has 0 saturated carbocycles. The van der Waals surface area contributed by atoms with Crippen LogP contribution in [0.25, 0.3) is 10.9 Å². The van der Waals surface area contributed by atoms with Crippen molar-refractivity contribution in [3.8, 4) is 0 Å². The largest absolute Gasteiger partial charge is 0.350 e. The number of ketones is 1. The van der Waals surface area contributed by atoms with Gasteiger partial charge in [-0.1, -0.05) is 53.5 Å². The fourth-order valence-electron chi connectivity index (χ4n) is 3.34. The molecule has 0 aliphatic rings. The first-order valence-electron chi connectivity index (χ1n) is 8.93. The Morgan fingerprint density at radius 3 is 2.17 bits per heavy atom. The maximum Gasteiger partial charge on any atom is 0.228 e. The molecule has 0 bridgehead atoms. The average molecular weight is 423 g/mol. The van der Waals surface area contributed by atoms with Gasteiger partial charge in [0.2, 0.25) is 11.7 Å². The van der Waals surface area contributed by atoms with Crippen LogP contribution in [0.1, 0.15) is 23.0 Å². The van der Waals surface area contributed by atoms with Crippen LogP contribution in [0.3, 0.4) is 0 Å². The molecule has 3 aromatic carbocycles. The average Bonchev–Trinajstić information content (AvgIpc) is 3.07. The Morgan fingerprint density at radius 1 is 0.862 bits per heavy atom. The van der Waals surface area contributed by atoms with Crippen LogP contribution in [-0.4, -0.2) is 16.7 Å². The molecule has 1 N–H and O–H groups in total. The highest BCUT2D eigenvalue weighted by molar-refractivity contribution is 6.32. The molecule has 0 aliphatic carbocycles. The maximum atomic E-state index is 13.3. The van der Waals surface area contributed by atoms with Crippen LogP contribution in [-0.2, 0) is 4.79 Å². The predicted molar refractivity (Wildman–Crippen MR) is 117 cm³/mol. The number of benzene rings is 3. The van der Waals surface area contributed by atoms with E-state index in [1.165, 1.54) is 11.8 Å². The Hall–Kier alpha value is -3.08. The minimum absolute atomic E-state index is 0.215. The number of aromatic amines is 1. The lowest BCUT2D eigenvalue weighted by Gasteiger charge is -2.22. The molecule has 4 aromatic rings. The normalized spacial score (nSPS) is 10.9. The van der Waals surface area contributed by atoms with Crippen molar-refractivity contribution in [1.29, 1.82) is 0 Å². The number of hydrogen-bond donors (Lipinski definition) is 1. The first kappa shape index (κ1) is 19.2. The summed E-state index contributed by atoms with van der Waals surface area (Å²) in [7, 11) is 0. The zero-order chi connectivity index (χ0) is 20.5. The van der Waals surface area contributed by atoms with E-state index in [1.807, 2.05) is 6.07 Å². The summed E-state index contributed by atoms with van der Waals surface area (Å²) in [6.45, 7) is 1.46. The van der Waals surface area contributed by atoms with Gasteiger partial charge in [-0.2, -0.15) is 0 Å². The lowest BCUT2D eigenvalue weighted by atomic mass is 10.1. The second-order valence-electron chi connectivity index (χ2n) is 6.56. The van der Waals surface area contributed by atoms with Gasteiger partial charge in [0.05, 0.1) is 5.69 Å². The fourth-order valence-corrected chi connectivity index (χ4v) is 3.64. The Labute approximate surface area is 177 Å². The summed E-state index contributed by atoms with van der Waals surface area (Å²) >= 11 is 12.2. The number of carbonyl (C=O) groups excluding carboxylic acids is 2. The third-order valence-electron chi connectivity index (χ3n) is 4.62. The van der Waals surface area contributed by atoms with E-state index < -0.39 is 0 Å². The Bertz CT molecular complexity index is 1220. The van der Waals surface area contributed by atoms with Crippen molar-refractivity contribution in [2.45, 2.75) is 6.92 Å². The van der Waals surface area contributed by atoms with Crippen molar-refractivity contribution in [2.24, 2.45) is 0 Å².